The van der Waals surface area contributed by atoms with Gasteiger partial charge in [-0.1, -0.05) is 18.6 Å². The number of allylic oxidation sites excluding steroid dienone is 1. The minimum absolute atomic E-state index is 0.140. The molecule has 0 N–H and O–H groups in total. The van der Waals surface area contributed by atoms with Gasteiger partial charge in [-0.15, -0.1) is 11.6 Å². The monoisotopic (exact) mass is 176 g/mol. The molecule has 0 aliphatic rings. The Hall–Kier alpha value is -0.0100. The Balaban J connectivity index is 4.27. The minimum atomic E-state index is -0.140. The quantitative estimate of drug-likeness (QED) is 0.473. The predicted octanol–water partition coefficient (Wildman–Crippen LogP) is 2.99. The van der Waals surface area contributed by atoms with Crippen LogP contribution in [-0.4, -0.2) is 18.6 Å². The molecular weight excluding hydrogens is 160 g/mol. The van der Waals surface area contributed by atoms with Crippen LogP contribution in [0, 0.1) is 0 Å². The van der Waals surface area contributed by atoms with Crippen LogP contribution >= 0.6 is 11.6 Å². The van der Waals surface area contributed by atoms with Crippen LogP contribution in [0.25, 0.3) is 0 Å². The number of alkyl halides is 1. The third-order valence-corrected chi connectivity index (χ3v) is 2.35. The molecule has 0 aliphatic heterocycles. The highest BCUT2D eigenvalue weighted by Crippen LogP contribution is 2.17. The van der Waals surface area contributed by atoms with E-state index in [1.54, 1.807) is 7.11 Å². The van der Waals surface area contributed by atoms with Gasteiger partial charge in [0.15, 0.2) is 0 Å². The van der Waals surface area contributed by atoms with Crippen molar-refractivity contribution in [2.45, 2.75) is 32.8 Å². The molecule has 1 unspecified atom stereocenters. The summed E-state index contributed by atoms with van der Waals surface area (Å²) >= 11 is 5.65. The molecule has 66 valence electrons. The minimum Gasteiger partial charge on any atom is -0.374 e. The SMILES string of the molecule is CCC(C)(/C=C(/C)CCl)OC. The van der Waals surface area contributed by atoms with Gasteiger partial charge < -0.3 is 4.74 Å². The molecule has 0 aliphatic carbocycles. The molecular formula is C9H17ClO. The maximum atomic E-state index is 5.65. The van der Waals surface area contributed by atoms with Crippen LogP contribution in [0.2, 0.25) is 0 Å². The number of hydrogen-bond donors (Lipinski definition) is 0. The number of hydrogen-bond acceptors (Lipinski definition) is 1. The Morgan fingerprint density at radius 3 is 2.45 bits per heavy atom. The first-order valence-electron chi connectivity index (χ1n) is 3.87. The van der Waals surface area contributed by atoms with E-state index in [-0.39, 0.29) is 5.60 Å². The lowest BCUT2D eigenvalue weighted by Gasteiger charge is -2.23. The first kappa shape index (κ1) is 11.0. The van der Waals surface area contributed by atoms with Gasteiger partial charge in [-0.3, -0.25) is 0 Å². The smallest absolute Gasteiger partial charge is 0.0830 e. The molecule has 0 aromatic rings. The highest BCUT2D eigenvalue weighted by molar-refractivity contribution is 6.19. The molecule has 1 atom stereocenters. The van der Waals surface area contributed by atoms with Crippen LogP contribution in [0.1, 0.15) is 27.2 Å². The molecule has 0 aromatic carbocycles. The lowest BCUT2D eigenvalue weighted by atomic mass is 10.0. The van der Waals surface area contributed by atoms with Crippen molar-refractivity contribution in [3.05, 3.63) is 11.6 Å². The van der Waals surface area contributed by atoms with Crippen molar-refractivity contribution < 1.29 is 4.74 Å². The highest BCUT2D eigenvalue weighted by Gasteiger charge is 2.16. The van der Waals surface area contributed by atoms with E-state index in [1.165, 1.54) is 0 Å². The summed E-state index contributed by atoms with van der Waals surface area (Å²) in [6.45, 7) is 6.17. The van der Waals surface area contributed by atoms with Gasteiger partial charge in [-0.25, -0.2) is 0 Å². The molecule has 1 nitrogen and oxygen atoms in total. The van der Waals surface area contributed by atoms with Crippen molar-refractivity contribution in [2.24, 2.45) is 0 Å². The first-order valence-corrected chi connectivity index (χ1v) is 4.41. The summed E-state index contributed by atoms with van der Waals surface area (Å²) in [5, 5.41) is 0. The van der Waals surface area contributed by atoms with Crippen molar-refractivity contribution in [1.82, 2.24) is 0 Å². The van der Waals surface area contributed by atoms with Crippen LogP contribution in [0.3, 0.4) is 0 Å². The number of methoxy groups -OCH3 is 1. The zero-order chi connectivity index (χ0) is 8.91. The van der Waals surface area contributed by atoms with Crippen molar-refractivity contribution in [2.75, 3.05) is 13.0 Å². The van der Waals surface area contributed by atoms with Crippen molar-refractivity contribution >= 4 is 11.6 Å². The first-order chi connectivity index (χ1) is 5.08. The fraction of sp³-hybridized carbons (Fsp3) is 0.778. The van der Waals surface area contributed by atoms with Crippen molar-refractivity contribution in [3.8, 4) is 0 Å². The second kappa shape index (κ2) is 4.78. The van der Waals surface area contributed by atoms with E-state index >= 15 is 0 Å². The van der Waals surface area contributed by atoms with E-state index in [2.05, 4.69) is 19.9 Å². The summed E-state index contributed by atoms with van der Waals surface area (Å²) in [6, 6.07) is 0. The van der Waals surface area contributed by atoms with Gasteiger partial charge in [-0.05, 0) is 20.3 Å². The summed E-state index contributed by atoms with van der Waals surface area (Å²) in [5.41, 5.74) is 1.02. The van der Waals surface area contributed by atoms with Gasteiger partial charge in [0.25, 0.3) is 0 Å². The molecule has 0 aromatic heterocycles. The molecule has 0 amide bonds. The Bertz CT molecular complexity index is 136. The van der Waals surface area contributed by atoms with Gasteiger partial charge in [0.1, 0.15) is 0 Å². The summed E-state index contributed by atoms with van der Waals surface area (Å²) in [4.78, 5) is 0. The zero-order valence-corrected chi connectivity index (χ0v) is 8.53. The summed E-state index contributed by atoms with van der Waals surface area (Å²) in [6.07, 6.45) is 3.05. The second-order valence-corrected chi connectivity index (χ2v) is 3.26. The van der Waals surface area contributed by atoms with E-state index in [4.69, 9.17) is 16.3 Å². The van der Waals surface area contributed by atoms with Crippen LogP contribution in [0.5, 0.6) is 0 Å². The molecule has 0 spiro atoms. The van der Waals surface area contributed by atoms with Gasteiger partial charge >= 0.3 is 0 Å². The third kappa shape index (κ3) is 3.78. The standard InChI is InChI=1S/C9H17ClO/c1-5-9(3,11-4)6-8(2)7-10/h6H,5,7H2,1-4H3/b8-6-. The van der Waals surface area contributed by atoms with E-state index in [0.717, 1.165) is 12.0 Å². The molecule has 0 rings (SSSR count). The number of ether oxygens (including phenoxy) is 1. The third-order valence-electron chi connectivity index (χ3n) is 1.93. The molecule has 0 saturated heterocycles. The molecule has 11 heavy (non-hydrogen) atoms. The molecule has 0 saturated carbocycles. The van der Waals surface area contributed by atoms with Gasteiger partial charge in [0, 0.05) is 13.0 Å². The number of rotatable bonds is 4. The summed E-state index contributed by atoms with van der Waals surface area (Å²) in [7, 11) is 1.72. The molecule has 0 radical (unpaired) electrons. The fourth-order valence-electron chi connectivity index (χ4n) is 0.865. The maximum Gasteiger partial charge on any atom is 0.0830 e. The summed E-state index contributed by atoms with van der Waals surface area (Å²) < 4.78 is 5.32. The van der Waals surface area contributed by atoms with Gasteiger partial charge in [-0.2, -0.15) is 0 Å². The van der Waals surface area contributed by atoms with Crippen LogP contribution in [0.15, 0.2) is 11.6 Å². The Morgan fingerprint density at radius 2 is 2.18 bits per heavy atom. The average Bonchev–Trinajstić information content (AvgIpc) is 2.04. The Kier molecular flexibility index (Phi) is 4.78. The maximum absolute atomic E-state index is 5.65. The normalized spacial score (nSPS) is 18.1. The van der Waals surface area contributed by atoms with Crippen LogP contribution < -0.4 is 0 Å². The van der Waals surface area contributed by atoms with Crippen LogP contribution in [0.4, 0.5) is 0 Å². The van der Waals surface area contributed by atoms with Gasteiger partial charge in [0.2, 0.25) is 0 Å². The van der Waals surface area contributed by atoms with Crippen molar-refractivity contribution in [3.63, 3.8) is 0 Å². The zero-order valence-electron chi connectivity index (χ0n) is 7.78. The second-order valence-electron chi connectivity index (χ2n) is 2.99. The molecule has 0 fully saturated rings. The van der Waals surface area contributed by atoms with Crippen LogP contribution in [-0.2, 0) is 4.74 Å². The van der Waals surface area contributed by atoms with E-state index in [0.29, 0.717) is 5.88 Å². The van der Waals surface area contributed by atoms with E-state index in [9.17, 15) is 0 Å². The van der Waals surface area contributed by atoms with E-state index in [1.807, 2.05) is 6.92 Å². The average molecular weight is 177 g/mol. The largest absolute Gasteiger partial charge is 0.374 e. The Morgan fingerprint density at radius 1 is 1.64 bits per heavy atom. The van der Waals surface area contributed by atoms with E-state index < -0.39 is 0 Å². The van der Waals surface area contributed by atoms with Gasteiger partial charge in [0.05, 0.1) is 5.60 Å². The summed E-state index contributed by atoms with van der Waals surface area (Å²) in [5.74, 6) is 0.582. The number of halogens is 1. The lowest BCUT2D eigenvalue weighted by molar-refractivity contribution is 0.0450. The lowest BCUT2D eigenvalue weighted by Crippen LogP contribution is -2.23. The Labute approximate surface area is 74.4 Å². The predicted molar refractivity (Wildman–Crippen MR) is 50.2 cm³/mol. The topological polar surface area (TPSA) is 9.23 Å². The highest BCUT2D eigenvalue weighted by atomic mass is 35.5. The fourth-order valence-corrected chi connectivity index (χ4v) is 0.942. The molecule has 2 heteroatoms. The molecule has 0 heterocycles. The molecule has 0 bridgehead atoms. The van der Waals surface area contributed by atoms with Crippen molar-refractivity contribution in [1.29, 1.82) is 0 Å².